The molecule has 2 nitrogen and oxygen atoms in total. The van der Waals surface area contributed by atoms with Gasteiger partial charge in [0.15, 0.2) is 0 Å². The molecular weight excluding hydrogens is 336 g/mol. The molecule has 0 aliphatic heterocycles. The van der Waals surface area contributed by atoms with Crippen molar-refractivity contribution < 1.29 is 0 Å². The molecule has 1 aromatic heterocycles. The Hall–Kier alpha value is -2.57. The fourth-order valence-electron chi connectivity index (χ4n) is 2.32. The lowest BCUT2D eigenvalue weighted by Gasteiger charge is -2.07. The number of halogens is 1. The molecule has 0 radical (unpaired) electrons. The molecule has 0 N–H and O–H groups in total. The van der Waals surface area contributed by atoms with Crippen molar-refractivity contribution in [3.05, 3.63) is 88.7 Å². The summed E-state index contributed by atoms with van der Waals surface area (Å²) in [6.07, 6.45) is 3.91. The molecule has 0 unspecified atom stereocenters. The Labute approximate surface area is 138 Å². The van der Waals surface area contributed by atoms with Crippen LogP contribution in [0, 0.1) is 11.3 Å². The minimum atomic E-state index is 0.636. The highest BCUT2D eigenvalue weighted by atomic mass is 79.9. The molecule has 22 heavy (non-hydrogen) atoms. The van der Waals surface area contributed by atoms with Crippen LogP contribution in [0.15, 0.2) is 77.4 Å². The average molecular weight is 349 g/mol. The molecule has 0 aliphatic carbocycles. The van der Waals surface area contributed by atoms with Gasteiger partial charge in [-0.25, -0.2) is 0 Å². The van der Waals surface area contributed by atoms with Gasteiger partial charge in [0.2, 0.25) is 0 Å². The number of rotatable bonds is 3. The highest BCUT2D eigenvalue weighted by Gasteiger charge is 2.05. The van der Waals surface area contributed by atoms with Gasteiger partial charge in [0.1, 0.15) is 0 Å². The van der Waals surface area contributed by atoms with Crippen molar-refractivity contribution in [3.63, 3.8) is 0 Å². The van der Waals surface area contributed by atoms with Gasteiger partial charge in [0.25, 0.3) is 0 Å². The first kappa shape index (κ1) is 14.4. The van der Waals surface area contributed by atoms with Gasteiger partial charge >= 0.3 is 0 Å². The predicted octanol–water partition coefficient (Wildman–Crippen LogP) is 5.30. The van der Waals surface area contributed by atoms with Crippen LogP contribution in [0.1, 0.15) is 11.3 Å². The zero-order valence-corrected chi connectivity index (χ0v) is 13.4. The lowest BCUT2D eigenvalue weighted by Crippen LogP contribution is -1.94. The number of benzene rings is 2. The second-order valence-corrected chi connectivity index (χ2v) is 5.73. The summed E-state index contributed by atoms with van der Waals surface area (Å²) < 4.78 is 3.03. The summed E-state index contributed by atoms with van der Waals surface area (Å²) in [4.78, 5) is 0. The molecule has 3 rings (SSSR count). The van der Waals surface area contributed by atoms with Gasteiger partial charge in [-0.3, -0.25) is 0 Å². The number of hydrogen-bond acceptors (Lipinski definition) is 1. The Bertz CT molecular complexity index is 854. The summed E-state index contributed by atoms with van der Waals surface area (Å²) in [5, 5.41) is 9.49. The highest BCUT2D eigenvalue weighted by molar-refractivity contribution is 9.10. The van der Waals surface area contributed by atoms with Crippen LogP contribution in [0.5, 0.6) is 0 Å². The van der Waals surface area contributed by atoms with E-state index >= 15 is 0 Å². The van der Waals surface area contributed by atoms with Gasteiger partial charge in [-0.1, -0.05) is 46.3 Å². The minimum absolute atomic E-state index is 0.636. The summed E-state index contributed by atoms with van der Waals surface area (Å²) in [6.45, 7) is 0. The number of nitriles is 1. The first-order chi connectivity index (χ1) is 10.8. The molecular formula is C19H13BrN2. The highest BCUT2D eigenvalue weighted by Crippen LogP contribution is 2.22. The van der Waals surface area contributed by atoms with Crippen molar-refractivity contribution in [2.75, 3.05) is 0 Å². The lowest BCUT2D eigenvalue weighted by atomic mass is 10.1. The van der Waals surface area contributed by atoms with Crippen molar-refractivity contribution in [3.8, 4) is 11.8 Å². The van der Waals surface area contributed by atoms with Gasteiger partial charge in [-0.15, -0.1) is 0 Å². The Morgan fingerprint density at radius 3 is 2.55 bits per heavy atom. The SMILES string of the molecule is N#CC(=Cc1cccn1-c1ccccc1)c1cccc(Br)c1. The van der Waals surface area contributed by atoms with Crippen LogP contribution >= 0.6 is 15.9 Å². The topological polar surface area (TPSA) is 28.7 Å². The minimum Gasteiger partial charge on any atom is -0.317 e. The summed E-state index contributed by atoms with van der Waals surface area (Å²) in [7, 11) is 0. The fraction of sp³-hybridized carbons (Fsp3) is 0. The number of nitrogens with zero attached hydrogens (tertiary/aromatic N) is 2. The maximum absolute atomic E-state index is 9.49. The van der Waals surface area contributed by atoms with E-state index in [9.17, 15) is 5.26 Å². The van der Waals surface area contributed by atoms with Gasteiger partial charge in [-0.05, 0) is 48.0 Å². The van der Waals surface area contributed by atoms with E-state index in [0.717, 1.165) is 21.4 Å². The molecule has 2 aromatic carbocycles. The number of para-hydroxylation sites is 1. The van der Waals surface area contributed by atoms with Crippen LogP contribution in [0.3, 0.4) is 0 Å². The lowest BCUT2D eigenvalue weighted by molar-refractivity contribution is 1.06. The Morgan fingerprint density at radius 1 is 1.00 bits per heavy atom. The van der Waals surface area contributed by atoms with Crippen LogP contribution in [0.4, 0.5) is 0 Å². The molecule has 1 heterocycles. The second-order valence-electron chi connectivity index (χ2n) is 4.82. The monoisotopic (exact) mass is 348 g/mol. The molecule has 0 bridgehead atoms. The molecule has 0 saturated heterocycles. The molecule has 0 spiro atoms. The van der Waals surface area contributed by atoms with Gasteiger partial charge in [0.05, 0.1) is 11.6 Å². The van der Waals surface area contributed by atoms with Gasteiger partial charge in [-0.2, -0.15) is 5.26 Å². The van der Waals surface area contributed by atoms with Crippen molar-refractivity contribution in [1.29, 1.82) is 5.26 Å². The summed E-state index contributed by atoms with van der Waals surface area (Å²) in [6, 6.07) is 24.1. The largest absolute Gasteiger partial charge is 0.317 e. The third kappa shape index (κ3) is 3.03. The molecule has 3 aromatic rings. The molecule has 3 heteroatoms. The third-order valence-corrected chi connectivity index (χ3v) is 3.86. The number of allylic oxidation sites excluding steroid dienone is 1. The zero-order chi connectivity index (χ0) is 15.4. The number of hydrogen-bond donors (Lipinski definition) is 0. The van der Waals surface area contributed by atoms with E-state index in [1.807, 2.05) is 79.0 Å². The van der Waals surface area contributed by atoms with Crippen molar-refractivity contribution in [2.24, 2.45) is 0 Å². The quantitative estimate of drug-likeness (QED) is 0.590. The van der Waals surface area contributed by atoms with Gasteiger partial charge < -0.3 is 4.57 Å². The molecule has 0 aliphatic rings. The van der Waals surface area contributed by atoms with Gasteiger partial charge in [0, 0.05) is 22.1 Å². The van der Waals surface area contributed by atoms with Crippen molar-refractivity contribution in [2.45, 2.75) is 0 Å². The standard InChI is InChI=1S/C19H13BrN2/c20-17-7-4-6-15(12-17)16(14-21)13-19-10-5-11-22(19)18-8-2-1-3-9-18/h1-13H. The molecule has 0 saturated carbocycles. The Kier molecular flexibility index (Phi) is 4.22. The number of aromatic nitrogens is 1. The molecule has 0 atom stereocenters. The molecule has 106 valence electrons. The second kappa shape index (κ2) is 6.46. The van der Waals surface area contributed by atoms with E-state index in [2.05, 4.69) is 26.6 Å². The smallest absolute Gasteiger partial charge is 0.0998 e. The Morgan fingerprint density at radius 2 is 1.82 bits per heavy atom. The summed E-state index contributed by atoms with van der Waals surface area (Å²) in [5.41, 5.74) is 3.59. The maximum atomic E-state index is 9.49. The fourth-order valence-corrected chi connectivity index (χ4v) is 2.72. The van der Waals surface area contributed by atoms with E-state index in [1.165, 1.54) is 0 Å². The maximum Gasteiger partial charge on any atom is 0.0998 e. The van der Waals surface area contributed by atoms with E-state index in [4.69, 9.17) is 0 Å². The third-order valence-electron chi connectivity index (χ3n) is 3.36. The molecule has 0 fully saturated rings. The van der Waals surface area contributed by atoms with E-state index in [0.29, 0.717) is 5.57 Å². The van der Waals surface area contributed by atoms with Crippen molar-refractivity contribution in [1.82, 2.24) is 4.57 Å². The summed E-state index contributed by atoms with van der Waals surface area (Å²) >= 11 is 3.45. The van der Waals surface area contributed by atoms with Crippen LogP contribution in [-0.2, 0) is 0 Å². The van der Waals surface area contributed by atoms with Crippen LogP contribution < -0.4 is 0 Å². The summed E-state index contributed by atoms with van der Waals surface area (Å²) in [5.74, 6) is 0. The van der Waals surface area contributed by atoms with Crippen LogP contribution in [-0.4, -0.2) is 4.57 Å². The molecule has 0 amide bonds. The first-order valence-electron chi connectivity index (χ1n) is 6.88. The van der Waals surface area contributed by atoms with Crippen molar-refractivity contribution >= 4 is 27.6 Å². The average Bonchev–Trinajstić information content (AvgIpc) is 3.01. The normalized spacial score (nSPS) is 11.2. The zero-order valence-electron chi connectivity index (χ0n) is 11.8. The first-order valence-corrected chi connectivity index (χ1v) is 7.68. The predicted molar refractivity (Wildman–Crippen MR) is 93.4 cm³/mol. The Balaban J connectivity index is 2.05. The van der Waals surface area contributed by atoms with Crippen LogP contribution in [0.2, 0.25) is 0 Å². The van der Waals surface area contributed by atoms with E-state index < -0.39 is 0 Å². The van der Waals surface area contributed by atoms with E-state index in [1.54, 1.807) is 0 Å². The van der Waals surface area contributed by atoms with Crippen LogP contribution in [0.25, 0.3) is 17.3 Å². The van der Waals surface area contributed by atoms with E-state index in [-0.39, 0.29) is 0 Å².